The third kappa shape index (κ3) is 4.15. The van der Waals surface area contributed by atoms with Crippen LogP contribution in [0.2, 0.25) is 0 Å². The quantitative estimate of drug-likeness (QED) is 0.813. The van der Waals surface area contributed by atoms with Gasteiger partial charge in [-0.2, -0.15) is 0 Å². The third-order valence-corrected chi connectivity index (χ3v) is 3.79. The Balaban J connectivity index is 1.83. The van der Waals surface area contributed by atoms with E-state index in [0.717, 1.165) is 23.1 Å². The minimum atomic E-state index is -0.124. The van der Waals surface area contributed by atoms with Crippen molar-refractivity contribution in [3.63, 3.8) is 0 Å². The van der Waals surface area contributed by atoms with Gasteiger partial charge in [0.25, 0.3) is 0 Å². The Morgan fingerprint density at radius 1 is 1.11 bits per heavy atom. The van der Waals surface area contributed by atoms with Crippen molar-refractivity contribution in [3.8, 4) is 0 Å². The monoisotopic (exact) mass is 321 g/mol. The van der Waals surface area contributed by atoms with Crippen LogP contribution < -0.4 is 5.32 Å². The van der Waals surface area contributed by atoms with Gasteiger partial charge in [0.05, 0.1) is 0 Å². The van der Waals surface area contributed by atoms with E-state index >= 15 is 0 Å². The molecule has 3 heteroatoms. The smallest absolute Gasteiger partial charge is 0.126 e. The van der Waals surface area contributed by atoms with Gasteiger partial charge >= 0.3 is 0 Å². The Bertz CT molecular complexity index is 554. The van der Waals surface area contributed by atoms with Gasteiger partial charge in [-0.15, -0.1) is 0 Å². The van der Waals surface area contributed by atoms with Gasteiger partial charge in [-0.25, -0.2) is 4.39 Å². The van der Waals surface area contributed by atoms with Crippen LogP contribution in [-0.4, -0.2) is 6.54 Å². The van der Waals surface area contributed by atoms with Crippen LogP contribution in [0.25, 0.3) is 0 Å². The fraction of sp³-hybridized carbons (Fsp3) is 0.250. The van der Waals surface area contributed by atoms with Crippen molar-refractivity contribution in [2.75, 3.05) is 6.54 Å². The summed E-state index contributed by atoms with van der Waals surface area (Å²) in [6.45, 7) is 3.62. The minimum absolute atomic E-state index is 0.124. The lowest BCUT2D eigenvalue weighted by atomic mass is 10.1. The van der Waals surface area contributed by atoms with Gasteiger partial charge in [0.2, 0.25) is 0 Å². The first-order valence-electron chi connectivity index (χ1n) is 6.36. The van der Waals surface area contributed by atoms with Crippen LogP contribution >= 0.6 is 15.9 Å². The number of halogens is 2. The summed E-state index contributed by atoms with van der Waals surface area (Å²) in [4.78, 5) is 0. The summed E-state index contributed by atoms with van der Waals surface area (Å²) in [7, 11) is 0. The Morgan fingerprint density at radius 3 is 2.63 bits per heavy atom. The second-order valence-electron chi connectivity index (χ2n) is 4.61. The minimum Gasteiger partial charge on any atom is -0.312 e. The van der Waals surface area contributed by atoms with E-state index in [-0.39, 0.29) is 5.82 Å². The van der Waals surface area contributed by atoms with Crippen molar-refractivity contribution in [2.45, 2.75) is 19.9 Å². The summed E-state index contributed by atoms with van der Waals surface area (Å²) < 4.78 is 14.5. The highest BCUT2D eigenvalue weighted by molar-refractivity contribution is 9.10. The lowest BCUT2D eigenvalue weighted by molar-refractivity contribution is 0.597. The SMILES string of the molecule is Cc1ccc(CNCCc2ccccc2F)c(Br)c1. The molecule has 100 valence electrons. The highest BCUT2D eigenvalue weighted by Gasteiger charge is 2.02. The fourth-order valence-electron chi connectivity index (χ4n) is 1.94. The highest BCUT2D eigenvalue weighted by atomic mass is 79.9. The van der Waals surface area contributed by atoms with Crippen molar-refractivity contribution < 1.29 is 4.39 Å². The molecular weight excluding hydrogens is 305 g/mol. The second-order valence-corrected chi connectivity index (χ2v) is 5.47. The molecule has 2 rings (SSSR count). The predicted octanol–water partition coefficient (Wildman–Crippen LogP) is 4.23. The van der Waals surface area contributed by atoms with E-state index in [2.05, 4.69) is 46.4 Å². The Morgan fingerprint density at radius 2 is 1.89 bits per heavy atom. The normalized spacial score (nSPS) is 10.7. The fourth-order valence-corrected chi connectivity index (χ4v) is 2.58. The van der Waals surface area contributed by atoms with Gasteiger partial charge in [0.15, 0.2) is 0 Å². The summed E-state index contributed by atoms with van der Waals surface area (Å²) in [6.07, 6.45) is 0.705. The zero-order valence-corrected chi connectivity index (χ0v) is 12.5. The molecule has 2 aromatic carbocycles. The van der Waals surface area contributed by atoms with E-state index in [1.165, 1.54) is 17.2 Å². The lowest BCUT2D eigenvalue weighted by Crippen LogP contribution is -2.17. The van der Waals surface area contributed by atoms with Crippen LogP contribution in [0.1, 0.15) is 16.7 Å². The maximum atomic E-state index is 13.4. The van der Waals surface area contributed by atoms with E-state index in [1.807, 2.05) is 12.1 Å². The molecule has 0 heterocycles. The summed E-state index contributed by atoms with van der Waals surface area (Å²) in [5.41, 5.74) is 3.22. The molecule has 0 aliphatic carbocycles. The van der Waals surface area contributed by atoms with Gasteiger partial charge in [-0.05, 0) is 48.7 Å². The Hall–Kier alpha value is -1.19. The molecule has 0 radical (unpaired) electrons. The average Bonchev–Trinajstić information content (AvgIpc) is 2.38. The van der Waals surface area contributed by atoms with Gasteiger partial charge < -0.3 is 5.32 Å². The van der Waals surface area contributed by atoms with Gasteiger partial charge in [-0.1, -0.05) is 46.3 Å². The molecule has 1 nitrogen and oxygen atoms in total. The molecule has 0 fully saturated rings. The zero-order valence-electron chi connectivity index (χ0n) is 10.9. The molecular formula is C16H17BrFN. The number of benzene rings is 2. The summed E-state index contributed by atoms with van der Waals surface area (Å²) >= 11 is 3.56. The molecule has 0 atom stereocenters. The second kappa shape index (κ2) is 6.83. The van der Waals surface area contributed by atoms with Crippen LogP contribution in [0.15, 0.2) is 46.9 Å². The number of aryl methyl sites for hydroxylation is 1. The van der Waals surface area contributed by atoms with E-state index < -0.39 is 0 Å². The first-order valence-corrected chi connectivity index (χ1v) is 7.15. The summed E-state index contributed by atoms with van der Waals surface area (Å²) in [5.74, 6) is -0.124. The largest absolute Gasteiger partial charge is 0.312 e. The maximum Gasteiger partial charge on any atom is 0.126 e. The van der Waals surface area contributed by atoms with Gasteiger partial charge in [0.1, 0.15) is 5.82 Å². The van der Waals surface area contributed by atoms with E-state index in [9.17, 15) is 4.39 Å². The van der Waals surface area contributed by atoms with Crippen LogP contribution in [0.5, 0.6) is 0 Å². The first kappa shape index (κ1) is 14.2. The van der Waals surface area contributed by atoms with Gasteiger partial charge in [-0.3, -0.25) is 0 Å². The molecule has 0 saturated heterocycles. The number of hydrogen-bond donors (Lipinski definition) is 1. The molecule has 0 saturated carbocycles. The van der Waals surface area contributed by atoms with E-state index in [4.69, 9.17) is 0 Å². The highest BCUT2D eigenvalue weighted by Crippen LogP contribution is 2.18. The van der Waals surface area contributed by atoms with Crippen LogP contribution in [0.4, 0.5) is 4.39 Å². The lowest BCUT2D eigenvalue weighted by Gasteiger charge is -2.08. The maximum absolute atomic E-state index is 13.4. The standard InChI is InChI=1S/C16H17BrFN/c1-12-6-7-14(15(17)10-12)11-19-9-8-13-4-2-3-5-16(13)18/h2-7,10,19H,8-9,11H2,1H3. The van der Waals surface area contributed by atoms with E-state index in [0.29, 0.717) is 6.42 Å². The number of hydrogen-bond acceptors (Lipinski definition) is 1. The summed E-state index contributed by atoms with van der Waals surface area (Å²) in [5, 5.41) is 3.34. The molecule has 0 aliphatic rings. The van der Waals surface area contributed by atoms with Crippen molar-refractivity contribution >= 4 is 15.9 Å². The molecule has 0 aromatic heterocycles. The molecule has 2 aromatic rings. The predicted molar refractivity (Wildman–Crippen MR) is 80.7 cm³/mol. The van der Waals surface area contributed by atoms with Crippen molar-refractivity contribution in [2.24, 2.45) is 0 Å². The first-order chi connectivity index (χ1) is 9.16. The number of nitrogens with one attached hydrogen (secondary N) is 1. The molecule has 0 aliphatic heterocycles. The Labute approximate surface area is 122 Å². The van der Waals surface area contributed by atoms with Crippen molar-refractivity contribution in [1.29, 1.82) is 0 Å². The van der Waals surface area contributed by atoms with Crippen molar-refractivity contribution in [3.05, 3.63) is 69.4 Å². The molecule has 1 N–H and O–H groups in total. The molecule has 0 unspecified atom stereocenters. The van der Waals surface area contributed by atoms with Gasteiger partial charge in [0, 0.05) is 11.0 Å². The molecule has 0 spiro atoms. The van der Waals surface area contributed by atoms with Crippen LogP contribution in [0.3, 0.4) is 0 Å². The van der Waals surface area contributed by atoms with Crippen LogP contribution in [-0.2, 0) is 13.0 Å². The topological polar surface area (TPSA) is 12.0 Å². The van der Waals surface area contributed by atoms with Crippen LogP contribution in [0, 0.1) is 12.7 Å². The van der Waals surface area contributed by atoms with Crippen molar-refractivity contribution in [1.82, 2.24) is 5.32 Å². The molecule has 0 bridgehead atoms. The Kier molecular flexibility index (Phi) is 5.11. The average molecular weight is 322 g/mol. The third-order valence-electron chi connectivity index (χ3n) is 3.05. The van der Waals surface area contributed by atoms with E-state index in [1.54, 1.807) is 6.07 Å². The summed E-state index contributed by atoms with van der Waals surface area (Å²) in [6, 6.07) is 13.2. The number of rotatable bonds is 5. The zero-order chi connectivity index (χ0) is 13.7. The molecule has 0 amide bonds. The molecule has 19 heavy (non-hydrogen) atoms.